The van der Waals surface area contributed by atoms with Crippen molar-refractivity contribution < 1.29 is 14.4 Å². The number of amides is 3. The lowest BCUT2D eigenvalue weighted by Crippen LogP contribution is -2.40. The summed E-state index contributed by atoms with van der Waals surface area (Å²) in [5.41, 5.74) is 4.53. The maximum atomic E-state index is 12.3. The molecule has 2 aromatic rings. The van der Waals surface area contributed by atoms with E-state index >= 15 is 0 Å². The van der Waals surface area contributed by atoms with E-state index in [0.717, 1.165) is 23.3 Å². The van der Waals surface area contributed by atoms with Crippen molar-refractivity contribution in [2.45, 2.75) is 32.2 Å². The second-order valence-electron chi connectivity index (χ2n) is 6.83. The van der Waals surface area contributed by atoms with Gasteiger partial charge in [0.1, 0.15) is 6.54 Å². The molecular formula is C21H20N2O3. The molecule has 1 aliphatic carbocycles. The summed E-state index contributed by atoms with van der Waals surface area (Å²) in [6.45, 7) is 0.145. The Morgan fingerprint density at radius 1 is 0.923 bits per heavy atom. The van der Waals surface area contributed by atoms with Crippen molar-refractivity contribution in [1.29, 1.82) is 0 Å². The lowest BCUT2D eigenvalue weighted by atomic mass is 9.90. The second-order valence-corrected chi connectivity index (χ2v) is 6.83. The number of imide groups is 1. The molecule has 1 N–H and O–H groups in total. The molecule has 0 radical (unpaired) electrons. The molecule has 132 valence electrons. The number of hydrogen-bond acceptors (Lipinski definition) is 3. The fraction of sp³-hybridized carbons (Fsp3) is 0.286. The molecule has 26 heavy (non-hydrogen) atoms. The molecule has 0 atom stereocenters. The van der Waals surface area contributed by atoms with Crippen LogP contribution in [0.15, 0.2) is 42.5 Å². The Morgan fingerprint density at radius 2 is 1.58 bits per heavy atom. The quantitative estimate of drug-likeness (QED) is 0.863. The number of benzene rings is 2. The fourth-order valence-electron chi connectivity index (χ4n) is 3.68. The minimum Gasteiger partial charge on any atom is -0.350 e. The summed E-state index contributed by atoms with van der Waals surface area (Å²) in [6.07, 6.45) is 4.67. The highest BCUT2D eigenvalue weighted by atomic mass is 16.2. The number of aryl methyl sites for hydroxylation is 2. The van der Waals surface area contributed by atoms with E-state index in [1.807, 2.05) is 6.07 Å². The number of nitrogens with one attached hydrogen (secondary N) is 1. The number of rotatable bonds is 4. The Morgan fingerprint density at radius 3 is 2.27 bits per heavy atom. The van der Waals surface area contributed by atoms with Gasteiger partial charge in [-0.05, 0) is 54.5 Å². The van der Waals surface area contributed by atoms with Gasteiger partial charge < -0.3 is 5.32 Å². The van der Waals surface area contributed by atoms with Crippen molar-refractivity contribution in [1.82, 2.24) is 10.2 Å². The van der Waals surface area contributed by atoms with E-state index in [-0.39, 0.29) is 12.5 Å². The van der Waals surface area contributed by atoms with Crippen LogP contribution in [-0.4, -0.2) is 29.2 Å². The van der Waals surface area contributed by atoms with Crippen LogP contribution >= 0.6 is 0 Å². The summed E-state index contributed by atoms with van der Waals surface area (Å²) >= 11 is 0. The van der Waals surface area contributed by atoms with Crippen LogP contribution in [-0.2, 0) is 24.2 Å². The zero-order chi connectivity index (χ0) is 18.1. The molecule has 3 amide bonds. The minimum absolute atomic E-state index is 0.253. The Kier molecular flexibility index (Phi) is 4.29. The minimum atomic E-state index is -0.408. The van der Waals surface area contributed by atoms with Crippen LogP contribution in [0.5, 0.6) is 0 Å². The number of fused-ring (bicyclic) bond motifs is 2. The van der Waals surface area contributed by atoms with Gasteiger partial charge in [-0.25, -0.2) is 0 Å². The van der Waals surface area contributed by atoms with Crippen LogP contribution in [0.1, 0.15) is 50.2 Å². The van der Waals surface area contributed by atoms with E-state index in [0.29, 0.717) is 17.7 Å². The lowest BCUT2D eigenvalue weighted by molar-refractivity contribution is -0.121. The van der Waals surface area contributed by atoms with Gasteiger partial charge in [0.15, 0.2) is 0 Å². The van der Waals surface area contributed by atoms with Crippen molar-refractivity contribution >= 4 is 17.7 Å². The molecule has 5 nitrogen and oxygen atoms in total. The molecule has 0 aromatic heterocycles. The fourth-order valence-corrected chi connectivity index (χ4v) is 3.68. The van der Waals surface area contributed by atoms with Gasteiger partial charge in [0.25, 0.3) is 11.8 Å². The molecule has 0 saturated carbocycles. The number of carbonyl (C=O) groups is 3. The van der Waals surface area contributed by atoms with Gasteiger partial charge in [0, 0.05) is 6.54 Å². The van der Waals surface area contributed by atoms with Crippen molar-refractivity contribution in [2.75, 3.05) is 6.54 Å². The number of nitrogens with zero attached hydrogens (tertiary/aromatic N) is 1. The van der Waals surface area contributed by atoms with Crippen LogP contribution in [0.4, 0.5) is 0 Å². The first kappa shape index (κ1) is 16.5. The van der Waals surface area contributed by atoms with E-state index in [1.54, 1.807) is 24.3 Å². The highest BCUT2D eigenvalue weighted by Gasteiger charge is 2.36. The van der Waals surface area contributed by atoms with Crippen LogP contribution in [0, 0.1) is 0 Å². The molecule has 5 heteroatoms. The highest BCUT2D eigenvalue weighted by molar-refractivity contribution is 6.22. The van der Waals surface area contributed by atoms with E-state index < -0.39 is 11.8 Å². The third-order valence-electron chi connectivity index (χ3n) is 5.08. The van der Waals surface area contributed by atoms with Gasteiger partial charge in [-0.15, -0.1) is 0 Å². The van der Waals surface area contributed by atoms with E-state index in [1.165, 1.54) is 24.0 Å². The van der Waals surface area contributed by atoms with Crippen molar-refractivity contribution in [3.05, 3.63) is 70.3 Å². The smallest absolute Gasteiger partial charge is 0.262 e. The summed E-state index contributed by atoms with van der Waals surface area (Å²) < 4.78 is 0. The average Bonchev–Trinajstić information content (AvgIpc) is 2.91. The molecule has 4 rings (SSSR count). The average molecular weight is 348 g/mol. The summed E-state index contributed by atoms with van der Waals surface area (Å²) in [7, 11) is 0. The van der Waals surface area contributed by atoms with Gasteiger partial charge in [-0.2, -0.15) is 0 Å². The van der Waals surface area contributed by atoms with Gasteiger partial charge in [-0.1, -0.05) is 30.3 Å². The molecule has 1 aliphatic heterocycles. The molecular weight excluding hydrogens is 328 g/mol. The highest BCUT2D eigenvalue weighted by Crippen LogP contribution is 2.23. The van der Waals surface area contributed by atoms with Gasteiger partial charge in [0.05, 0.1) is 11.1 Å². The van der Waals surface area contributed by atoms with E-state index in [9.17, 15) is 14.4 Å². The summed E-state index contributed by atoms with van der Waals surface area (Å²) in [4.78, 5) is 37.9. The second kappa shape index (κ2) is 6.75. The van der Waals surface area contributed by atoms with Crippen LogP contribution in [0.3, 0.4) is 0 Å². The molecule has 0 spiro atoms. The molecule has 0 bridgehead atoms. The standard InChI is InChI=1S/C21H20N2O3/c24-19(13-23-20(25)17-7-3-4-8-18(17)21(23)26)22-12-14-9-10-15-5-1-2-6-16(15)11-14/h3-4,7-11H,1-2,5-6,12-13H2,(H,22,24). The summed E-state index contributed by atoms with van der Waals surface area (Å²) in [5.74, 6) is -1.15. The zero-order valence-corrected chi connectivity index (χ0v) is 14.5. The maximum absolute atomic E-state index is 12.3. The molecule has 0 unspecified atom stereocenters. The molecule has 2 aliphatic rings. The monoisotopic (exact) mass is 348 g/mol. The summed E-state index contributed by atoms with van der Waals surface area (Å²) in [6, 6.07) is 13.0. The Labute approximate surface area is 152 Å². The first-order chi connectivity index (χ1) is 12.6. The van der Waals surface area contributed by atoms with E-state index in [2.05, 4.69) is 17.4 Å². The predicted octanol–water partition coefficient (Wildman–Crippen LogP) is 2.48. The molecule has 2 aromatic carbocycles. The Bertz CT molecular complexity index is 869. The lowest BCUT2D eigenvalue weighted by Gasteiger charge is -2.17. The van der Waals surface area contributed by atoms with Gasteiger partial charge >= 0.3 is 0 Å². The van der Waals surface area contributed by atoms with Gasteiger partial charge in [0.2, 0.25) is 5.91 Å². The third-order valence-corrected chi connectivity index (χ3v) is 5.08. The number of hydrogen-bond donors (Lipinski definition) is 1. The zero-order valence-electron chi connectivity index (χ0n) is 14.5. The number of carbonyl (C=O) groups excluding carboxylic acids is 3. The third kappa shape index (κ3) is 3.01. The Balaban J connectivity index is 1.38. The van der Waals surface area contributed by atoms with Gasteiger partial charge in [-0.3, -0.25) is 19.3 Å². The molecule has 0 fully saturated rings. The summed E-state index contributed by atoms with van der Waals surface area (Å²) in [5, 5.41) is 2.82. The normalized spacial score (nSPS) is 15.6. The van der Waals surface area contributed by atoms with Crippen molar-refractivity contribution in [2.24, 2.45) is 0 Å². The first-order valence-corrected chi connectivity index (χ1v) is 8.96. The Hall–Kier alpha value is -2.95. The predicted molar refractivity (Wildman–Crippen MR) is 96.7 cm³/mol. The van der Waals surface area contributed by atoms with Crippen LogP contribution in [0.25, 0.3) is 0 Å². The van der Waals surface area contributed by atoms with Crippen molar-refractivity contribution in [3.8, 4) is 0 Å². The van der Waals surface area contributed by atoms with E-state index in [4.69, 9.17) is 0 Å². The van der Waals surface area contributed by atoms with Crippen molar-refractivity contribution in [3.63, 3.8) is 0 Å². The first-order valence-electron chi connectivity index (χ1n) is 8.96. The molecule has 1 heterocycles. The topological polar surface area (TPSA) is 66.5 Å². The molecule has 0 saturated heterocycles. The largest absolute Gasteiger partial charge is 0.350 e. The maximum Gasteiger partial charge on any atom is 0.262 e. The van der Waals surface area contributed by atoms with Crippen LogP contribution in [0.2, 0.25) is 0 Å². The SMILES string of the molecule is O=C(CN1C(=O)c2ccccc2C1=O)NCc1ccc2c(c1)CCCC2. The van der Waals surface area contributed by atoms with Crippen LogP contribution < -0.4 is 5.32 Å².